The maximum atomic E-state index is 5.37. The van der Waals surface area contributed by atoms with Gasteiger partial charge in [0.2, 0.25) is 0 Å². The van der Waals surface area contributed by atoms with E-state index in [0.29, 0.717) is 5.82 Å². The summed E-state index contributed by atoms with van der Waals surface area (Å²) in [6, 6.07) is 96.7. The zero-order chi connectivity index (χ0) is 45.7. The summed E-state index contributed by atoms with van der Waals surface area (Å²) < 4.78 is 0. The first kappa shape index (κ1) is 40.3. The molecule has 1 aliphatic rings. The van der Waals surface area contributed by atoms with E-state index in [0.717, 1.165) is 55.5 Å². The Labute approximate surface area is 402 Å². The first-order chi connectivity index (χ1) is 34.2. The molecule has 69 heavy (non-hydrogen) atoms. The predicted molar refractivity (Wildman–Crippen MR) is 287 cm³/mol. The van der Waals surface area contributed by atoms with Crippen molar-refractivity contribution < 1.29 is 0 Å². The number of aromatic nitrogens is 2. The molecule has 1 heterocycles. The highest BCUT2D eigenvalue weighted by Gasteiger charge is 2.47. The molecule has 0 amide bonds. The normalized spacial score (nSPS) is 12.5. The number of fused-ring (bicyclic) bond motifs is 6. The van der Waals surface area contributed by atoms with Crippen molar-refractivity contribution in [2.75, 3.05) is 0 Å². The average molecular weight is 877 g/mol. The Balaban J connectivity index is 0.922. The number of nitrogens with zero attached hydrogens (tertiary/aromatic N) is 2. The van der Waals surface area contributed by atoms with Crippen LogP contribution in [-0.4, -0.2) is 9.97 Å². The van der Waals surface area contributed by atoms with Gasteiger partial charge in [0.25, 0.3) is 0 Å². The Hall–Kier alpha value is -8.98. The van der Waals surface area contributed by atoms with Crippen molar-refractivity contribution in [3.05, 3.63) is 289 Å². The molecule has 0 N–H and O–H groups in total. The average Bonchev–Trinajstić information content (AvgIpc) is 3.74. The van der Waals surface area contributed by atoms with Crippen molar-refractivity contribution in [2.24, 2.45) is 0 Å². The number of benzene rings is 11. The number of hydrogen-bond acceptors (Lipinski definition) is 2. The van der Waals surface area contributed by atoms with Crippen LogP contribution < -0.4 is 0 Å². The van der Waals surface area contributed by atoms with Crippen LogP contribution in [0.2, 0.25) is 0 Å². The monoisotopic (exact) mass is 876 g/mol. The highest BCUT2D eigenvalue weighted by Crippen LogP contribution is 2.58. The van der Waals surface area contributed by atoms with Crippen molar-refractivity contribution in [3.63, 3.8) is 0 Å². The van der Waals surface area contributed by atoms with Crippen molar-refractivity contribution in [1.29, 1.82) is 0 Å². The maximum absolute atomic E-state index is 5.37. The summed E-state index contributed by atoms with van der Waals surface area (Å²) in [5, 5.41) is 4.79. The van der Waals surface area contributed by atoms with Gasteiger partial charge in [-0.1, -0.05) is 249 Å². The van der Waals surface area contributed by atoms with Crippen molar-refractivity contribution in [2.45, 2.75) is 5.41 Å². The Morgan fingerprint density at radius 3 is 1.43 bits per heavy atom. The molecule has 0 atom stereocenters. The molecule has 322 valence electrons. The van der Waals surface area contributed by atoms with E-state index in [4.69, 9.17) is 9.97 Å². The lowest BCUT2D eigenvalue weighted by Crippen LogP contribution is -2.28. The van der Waals surface area contributed by atoms with Crippen LogP contribution in [0.1, 0.15) is 22.3 Å². The third-order valence-corrected chi connectivity index (χ3v) is 14.2. The third kappa shape index (κ3) is 6.72. The maximum Gasteiger partial charge on any atom is 0.161 e. The van der Waals surface area contributed by atoms with Gasteiger partial charge >= 0.3 is 0 Å². The summed E-state index contributed by atoms with van der Waals surface area (Å²) in [5.74, 6) is 0.696. The second kappa shape index (κ2) is 16.7. The molecule has 0 aliphatic heterocycles. The van der Waals surface area contributed by atoms with Crippen molar-refractivity contribution in [3.8, 4) is 78.4 Å². The van der Waals surface area contributed by atoms with Crippen LogP contribution in [0.4, 0.5) is 0 Å². The van der Waals surface area contributed by atoms with Crippen LogP contribution in [-0.2, 0) is 5.41 Å². The molecule has 13 rings (SSSR count). The molecule has 0 saturated carbocycles. The first-order valence-corrected chi connectivity index (χ1v) is 23.7. The van der Waals surface area contributed by atoms with Crippen LogP contribution in [0.25, 0.3) is 100.0 Å². The summed E-state index contributed by atoms with van der Waals surface area (Å²) in [7, 11) is 0. The van der Waals surface area contributed by atoms with Gasteiger partial charge in [-0.3, -0.25) is 0 Å². The van der Waals surface area contributed by atoms with E-state index in [1.165, 1.54) is 60.8 Å². The van der Waals surface area contributed by atoms with Crippen LogP contribution in [0.15, 0.2) is 267 Å². The Morgan fingerprint density at radius 1 is 0.261 bits per heavy atom. The lowest BCUT2D eigenvalue weighted by atomic mass is 9.66. The zero-order valence-corrected chi connectivity index (χ0v) is 37.8. The minimum atomic E-state index is -0.513. The van der Waals surface area contributed by atoms with Gasteiger partial charge in [0.15, 0.2) is 5.82 Å². The van der Waals surface area contributed by atoms with Gasteiger partial charge in [0.1, 0.15) is 0 Å². The lowest BCUT2D eigenvalue weighted by Gasteiger charge is -2.35. The molecule has 2 nitrogen and oxygen atoms in total. The van der Waals surface area contributed by atoms with Crippen molar-refractivity contribution in [1.82, 2.24) is 9.97 Å². The minimum Gasteiger partial charge on any atom is -0.228 e. The van der Waals surface area contributed by atoms with Gasteiger partial charge in [0, 0.05) is 16.7 Å². The van der Waals surface area contributed by atoms with E-state index < -0.39 is 5.41 Å². The summed E-state index contributed by atoms with van der Waals surface area (Å²) in [5.41, 5.74) is 19.1. The van der Waals surface area contributed by atoms with Crippen LogP contribution in [0.3, 0.4) is 0 Å². The third-order valence-electron chi connectivity index (χ3n) is 14.2. The largest absolute Gasteiger partial charge is 0.228 e. The van der Waals surface area contributed by atoms with Gasteiger partial charge in [-0.05, 0) is 107 Å². The summed E-state index contributed by atoms with van der Waals surface area (Å²) in [6.45, 7) is 0. The Kier molecular flexibility index (Phi) is 9.77. The van der Waals surface area contributed by atoms with E-state index in [9.17, 15) is 0 Å². The molecule has 0 bridgehead atoms. The second-order valence-corrected chi connectivity index (χ2v) is 18.0. The van der Waals surface area contributed by atoms with Crippen molar-refractivity contribution >= 4 is 21.5 Å². The molecular weight excluding hydrogens is 833 g/mol. The molecule has 0 unspecified atom stereocenters. The molecule has 1 aliphatic carbocycles. The quantitative estimate of drug-likeness (QED) is 0.152. The van der Waals surface area contributed by atoms with Crippen LogP contribution in [0.5, 0.6) is 0 Å². The van der Waals surface area contributed by atoms with Gasteiger partial charge < -0.3 is 0 Å². The zero-order valence-electron chi connectivity index (χ0n) is 37.8. The van der Waals surface area contributed by atoms with E-state index in [-0.39, 0.29) is 0 Å². The SMILES string of the molecule is c1ccc(-c2cc(-c3ccccc3-c3ccccc3)nc(-c3ccc(-c4ccc(-c5ccc6c(c5)C(c5ccccc5)(c5ccccc5)c5c-6ccc6ccccc56)cc4)c4ccccc34)n2)cc1. The van der Waals surface area contributed by atoms with Gasteiger partial charge in [-0.15, -0.1) is 0 Å². The fourth-order valence-corrected chi connectivity index (χ4v) is 11.1. The molecule has 12 aromatic rings. The molecule has 0 radical (unpaired) electrons. The molecule has 0 saturated heterocycles. The molecule has 11 aromatic carbocycles. The van der Waals surface area contributed by atoms with E-state index in [1.807, 2.05) is 6.07 Å². The molecule has 0 spiro atoms. The Bertz CT molecular complexity index is 3820. The smallest absolute Gasteiger partial charge is 0.161 e. The topological polar surface area (TPSA) is 25.8 Å². The number of hydrogen-bond donors (Lipinski definition) is 0. The van der Waals surface area contributed by atoms with Crippen LogP contribution in [0, 0.1) is 0 Å². The number of rotatable bonds is 8. The molecule has 2 heteroatoms. The lowest BCUT2D eigenvalue weighted by molar-refractivity contribution is 0.776. The minimum absolute atomic E-state index is 0.513. The van der Waals surface area contributed by atoms with Gasteiger partial charge in [-0.25, -0.2) is 9.97 Å². The summed E-state index contributed by atoms with van der Waals surface area (Å²) in [4.78, 5) is 10.7. The van der Waals surface area contributed by atoms with E-state index in [2.05, 4.69) is 261 Å². The fourth-order valence-electron chi connectivity index (χ4n) is 11.1. The van der Waals surface area contributed by atoms with Gasteiger partial charge in [0.05, 0.1) is 16.8 Å². The Morgan fingerprint density at radius 2 is 0.739 bits per heavy atom. The van der Waals surface area contributed by atoms with E-state index >= 15 is 0 Å². The summed E-state index contributed by atoms with van der Waals surface area (Å²) >= 11 is 0. The molecule has 1 aromatic heterocycles. The summed E-state index contributed by atoms with van der Waals surface area (Å²) in [6.07, 6.45) is 0. The molecule has 0 fully saturated rings. The highest BCUT2D eigenvalue weighted by molar-refractivity contribution is 6.05. The first-order valence-electron chi connectivity index (χ1n) is 23.7. The predicted octanol–water partition coefficient (Wildman–Crippen LogP) is 17.1. The van der Waals surface area contributed by atoms with E-state index in [1.54, 1.807) is 0 Å². The second-order valence-electron chi connectivity index (χ2n) is 18.0. The van der Waals surface area contributed by atoms with Gasteiger partial charge in [-0.2, -0.15) is 0 Å². The fraction of sp³-hybridized carbons (Fsp3) is 0.0149. The van der Waals surface area contributed by atoms with Crippen LogP contribution >= 0.6 is 0 Å². The standard InChI is InChI=1S/C67H44N2/c1-5-19-46(20-6-1)53-28-15-18-32-59(53)64-44-63(49-22-7-2-8-23-49)68-66(69-64)61-42-41-54(56-30-16-17-31-57(56)61)48-35-33-45(34-36-48)50-38-39-58-60-40-37-47-21-13-14-29-55(47)65(60)67(62(58)43-50,51-24-9-3-10-25-51)52-26-11-4-12-27-52/h1-44H. The highest BCUT2D eigenvalue weighted by atomic mass is 14.9. The molecular formula is C67H44N2.